The highest BCUT2D eigenvalue weighted by Crippen LogP contribution is 2.27. The summed E-state index contributed by atoms with van der Waals surface area (Å²) in [6, 6.07) is 7.55. The van der Waals surface area contributed by atoms with Crippen LogP contribution in [-0.4, -0.2) is 25.0 Å². The summed E-state index contributed by atoms with van der Waals surface area (Å²) in [5.41, 5.74) is 0.979. The fourth-order valence-corrected chi connectivity index (χ4v) is 2.54. The maximum absolute atomic E-state index is 12.2. The quantitative estimate of drug-likeness (QED) is 0.842. The molecular weight excluding hydrogens is 256 g/mol. The monoisotopic (exact) mass is 273 g/mol. The van der Waals surface area contributed by atoms with Crippen LogP contribution in [0.3, 0.4) is 0 Å². The van der Waals surface area contributed by atoms with E-state index in [1.165, 1.54) is 0 Å². The number of thioether (sulfide) groups is 1. The minimum atomic E-state index is -2.36. The zero-order valence-electron chi connectivity index (χ0n) is 10.2. The van der Waals surface area contributed by atoms with Gasteiger partial charge in [-0.1, -0.05) is 18.7 Å². The van der Waals surface area contributed by atoms with Crippen LogP contribution in [0.5, 0.6) is 0 Å². The summed E-state index contributed by atoms with van der Waals surface area (Å²) >= 11 is 0.573. The summed E-state index contributed by atoms with van der Waals surface area (Å²) in [6.45, 7) is 3.70. The first kappa shape index (κ1) is 13.6. The maximum Gasteiger partial charge on any atom is 0.288 e. The Hall–Kier alpha value is -0.810. The van der Waals surface area contributed by atoms with E-state index in [-0.39, 0.29) is 0 Å². The molecule has 0 radical (unpaired) electrons. The Morgan fingerprint density at radius 2 is 2.06 bits per heavy atom. The first-order valence-electron chi connectivity index (χ1n) is 6.04. The molecule has 0 spiro atoms. The minimum Gasteiger partial charge on any atom is -0.382 e. The Labute approximate surface area is 110 Å². The molecule has 2 unspecified atom stereocenters. The van der Waals surface area contributed by atoms with Gasteiger partial charge in [0.1, 0.15) is 0 Å². The van der Waals surface area contributed by atoms with Crippen molar-refractivity contribution in [1.29, 1.82) is 0 Å². The molecule has 1 N–H and O–H groups in total. The molecule has 1 aromatic carbocycles. The summed E-state index contributed by atoms with van der Waals surface area (Å²) in [6.07, 6.45) is 0.981. The van der Waals surface area contributed by atoms with Crippen LogP contribution >= 0.6 is 11.8 Å². The molecule has 0 saturated carbocycles. The highest BCUT2D eigenvalue weighted by molar-refractivity contribution is 7.99. The fraction of sp³-hybridized carbons (Fsp3) is 0.538. The largest absolute Gasteiger partial charge is 0.382 e. The van der Waals surface area contributed by atoms with Crippen molar-refractivity contribution in [3.05, 3.63) is 24.3 Å². The van der Waals surface area contributed by atoms with E-state index in [1.54, 1.807) is 12.1 Å². The molecule has 1 aliphatic rings. The van der Waals surface area contributed by atoms with Crippen molar-refractivity contribution in [3.8, 4) is 0 Å². The summed E-state index contributed by atoms with van der Waals surface area (Å²) in [5, 5.41) is 3.43. The van der Waals surface area contributed by atoms with Crippen molar-refractivity contribution in [2.75, 3.05) is 18.5 Å². The second-order valence-electron chi connectivity index (χ2n) is 4.49. The van der Waals surface area contributed by atoms with Crippen LogP contribution in [-0.2, 0) is 4.74 Å². The first-order valence-corrected chi connectivity index (χ1v) is 6.92. The van der Waals surface area contributed by atoms with E-state index in [0.717, 1.165) is 25.3 Å². The average molecular weight is 273 g/mol. The van der Waals surface area contributed by atoms with Crippen molar-refractivity contribution in [1.82, 2.24) is 0 Å². The van der Waals surface area contributed by atoms with Crippen molar-refractivity contribution in [3.63, 3.8) is 0 Å². The molecule has 2 rings (SSSR count). The van der Waals surface area contributed by atoms with E-state index in [4.69, 9.17) is 4.74 Å². The topological polar surface area (TPSA) is 21.3 Å². The molecule has 0 aromatic heterocycles. The summed E-state index contributed by atoms with van der Waals surface area (Å²) in [4.78, 5) is 0.593. The van der Waals surface area contributed by atoms with E-state index >= 15 is 0 Å². The molecule has 5 heteroatoms. The Morgan fingerprint density at radius 1 is 1.33 bits per heavy atom. The van der Waals surface area contributed by atoms with Crippen LogP contribution in [0.15, 0.2) is 29.2 Å². The van der Waals surface area contributed by atoms with Gasteiger partial charge in [-0.05, 0) is 36.6 Å². The molecule has 1 aliphatic heterocycles. The summed E-state index contributed by atoms with van der Waals surface area (Å²) < 4.78 is 29.7. The Bertz CT molecular complexity index is 372. The zero-order chi connectivity index (χ0) is 13.0. The lowest BCUT2D eigenvalue weighted by atomic mass is 9.97. The average Bonchev–Trinajstić information content (AvgIpc) is 2.34. The molecule has 1 saturated heterocycles. The third-order valence-corrected chi connectivity index (χ3v) is 3.79. The van der Waals surface area contributed by atoms with Gasteiger partial charge in [-0.25, -0.2) is 0 Å². The van der Waals surface area contributed by atoms with Gasteiger partial charge in [0.15, 0.2) is 0 Å². The molecule has 0 aliphatic carbocycles. The number of halogens is 2. The summed E-state index contributed by atoms with van der Waals surface area (Å²) in [5.74, 6) is -1.90. The number of alkyl halides is 2. The molecule has 1 fully saturated rings. The van der Waals surface area contributed by atoms with Gasteiger partial charge < -0.3 is 10.1 Å². The number of hydrogen-bond acceptors (Lipinski definition) is 3. The molecule has 2 atom stereocenters. The van der Waals surface area contributed by atoms with Crippen LogP contribution in [0.2, 0.25) is 0 Å². The fourth-order valence-electron chi connectivity index (χ4n) is 2.04. The van der Waals surface area contributed by atoms with Gasteiger partial charge in [0.2, 0.25) is 0 Å². The van der Waals surface area contributed by atoms with E-state index in [2.05, 4.69) is 12.2 Å². The Kier molecular flexibility index (Phi) is 4.83. The van der Waals surface area contributed by atoms with Gasteiger partial charge >= 0.3 is 0 Å². The first-order chi connectivity index (χ1) is 8.65. The third-order valence-electron chi connectivity index (χ3n) is 3.07. The van der Waals surface area contributed by atoms with Gasteiger partial charge in [0.05, 0.1) is 6.61 Å². The van der Waals surface area contributed by atoms with Gasteiger partial charge in [0, 0.05) is 23.2 Å². The number of hydrogen-bond donors (Lipinski definition) is 1. The number of benzene rings is 1. The van der Waals surface area contributed by atoms with Crippen molar-refractivity contribution in [2.45, 2.75) is 30.0 Å². The molecule has 1 heterocycles. The van der Waals surface area contributed by atoms with Crippen molar-refractivity contribution < 1.29 is 13.5 Å². The molecular formula is C13H17F2NOS. The van der Waals surface area contributed by atoms with Crippen LogP contribution in [0.25, 0.3) is 0 Å². The predicted octanol–water partition coefficient (Wildman–Crippen LogP) is 3.84. The lowest BCUT2D eigenvalue weighted by Gasteiger charge is -2.30. The number of ether oxygens (including phenoxy) is 1. The van der Waals surface area contributed by atoms with E-state index in [0.29, 0.717) is 28.6 Å². The minimum absolute atomic E-state index is 0.396. The van der Waals surface area contributed by atoms with Crippen molar-refractivity contribution in [2.24, 2.45) is 5.92 Å². The maximum atomic E-state index is 12.2. The molecule has 18 heavy (non-hydrogen) atoms. The van der Waals surface area contributed by atoms with Crippen LogP contribution in [0.4, 0.5) is 14.5 Å². The molecule has 1 aromatic rings. The molecule has 100 valence electrons. The second-order valence-corrected chi connectivity index (χ2v) is 5.56. The van der Waals surface area contributed by atoms with Gasteiger partial charge in [-0.2, -0.15) is 8.78 Å². The normalized spacial score (nSPS) is 24.2. The van der Waals surface area contributed by atoms with Crippen molar-refractivity contribution >= 4 is 17.4 Å². The standard InChI is InChI=1S/C13H17F2NOS/c1-9-8-17-7-6-12(9)16-10-2-4-11(5-3-10)18-13(14)15/h2-5,9,12-13,16H,6-8H2,1H3. The van der Waals surface area contributed by atoms with Gasteiger partial charge in [0.25, 0.3) is 5.76 Å². The van der Waals surface area contributed by atoms with E-state index < -0.39 is 5.76 Å². The van der Waals surface area contributed by atoms with Crippen LogP contribution in [0.1, 0.15) is 13.3 Å². The lowest BCUT2D eigenvalue weighted by molar-refractivity contribution is 0.0538. The number of nitrogens with one attached hydrogen (secondary N) is 1. The summed E-state index contributed by atoms with van der Waals surface area (Å²) in [7, 11) is 0. The molecule has 0 bridgehead atoms. The van der Waals surface area contributed by atoms with Gasteiger partial charge in [-0.3, -0.25) is 0 Å². The highest BCUT2D eigenvalue weighted by atomic mass is 32.2. The Balaban J connectivity index is 1.93. The van der Waals surface area contributed by atoms with E-state index in [1.807, 2.05) is 12.1 Å². The molecule has 0 amide bonds. The predicted molar refractivity (Wildman–Crippen MR) is 70.3 cm³/mol. The second kappa shape index (κ2) is 6.38. The SMILES string of the molecule is CC1COCCC1Nc1ccc(SC(F)F)cc1. The number of anilines is 1. The number of rotatable bonds is 4. The van der Waals surface area contributed by atoms with Crippen LogP contribution < -0.4 is 5.32 Å². The lowest BCUT2D eigenvalue weighted by Crippen LogP contribution is -2.35. The highest BCUT2D eigenvalue weighted by Gasteiger charge is 2.21. The zero-order valence-corrected chi connectivity index (χ0v) is 11.1. The van der Waals surface area contributed by atoms with E-state index in [9.17, 15) is 8.78 Å². The van der Waals surface area contributed by atoms with Crippen LogP contribution in [0, 0.1) is 5.92 Å². The smallest absolute Gasteiger partial charge is 0.288 e. The van der Waals surface area contributed by atoms with Gasteiger partial charge in [-0.15, -0.1) is 0 Å². The molecule has 2 nitrogen and oxygen atoms in total. The Morgan fingerprint density at radius 3 is 2.67 bits per heavy atom. The third kappa shape index (κ3) is 3.85.